The molecule has 0 aromatic heterocycles. The molecule has 1 aliphatic heterocycles. The van der Waals surface area contributed by atoms with Gasteiger partial charge in [0.2, 0.25) is 5.91 Å². The highest BCUT2D eigenvalue weighted by Crippen LogP contribution is 2.16. The monoisotopic (exact) mass is 303 g/mol. The molecule has 0 aliphatic carbocycles. The Kier molecular flexibility index (Phi) is 5.06. The number of hydrogen-bond acceptors (Lipinski definition) is 3. The molecule has 0 saturated carbocycles. The van der Waals surface area contributed by atoms with Crippen LogP contribution in [-0.2, 0) is 4.79 Å². The van der Waals surface area contributed by atoms with E-state index in [2.05, 4.69) is 13.8 Å². The summed E-state index contributed by atoms with van der Waals surface area (Å²) < 4.78 is 0. The van der Waals surface area contributed by atoms with Gasteiger partial charge in [-0.05, 0) is 30.2 Å². The SMILES string of the molecule is CC(C)C(C)C(=O)N1CCN(C(=O)c2ccc(N)cc2)CC1. The third-order valence-corrected chi connectivity index (χ3v) is 4.43. The molecule has 2 amide bonds. The van der Waals surface area contributed by atoms with Crippen molar-refractivity contribution in [3.8, 4) is 0 Å². The van der Waals surface area contributed by atoms with Crippen molar-refractivity contribution in [3.63, 3.8) is 0 Å². The van der Waals surface area contributed by atoms with Crippen LogP contribution in [0.2, 0.25) is 0 Å². The molecule has 5 nitrogen and oxygen atoms in total. The number of carbonyl (C=O) groups excluding carboxylic acids is 2. The average Bonchev–Trinajstić information content (AvgIpc) is 2.53. The third kappa shape index (κ3) is 3.59. The number of nitrogens with two attached hydrogens (primary N) is 1. The largest absolute Gasteiger partial charge is 0.399 e. The van der Waals surface area contributed by atoms with Gasteiger partial charge in [-0.2, -0.15) is 0 Å². The molecule has 22 heavy (non-hydrogen) atoms. The molecule has 1 aromatic carbocycles. The fraction of sp³-hybridized carbons (Fsp3) is 0.529. The summed E-state index contributed by atoms with van der Waals surface area (Å²) in [6, 6.07) is 6.96. The first kappa shape index (κ1) is 16.3. The second-order valence-electron chi connectivity index (χ2n) is 6.27. The van der Waals surface area contributed by atoms with Crippen LogP contribution in [0, 0.1) is 11.8 Å². The minimum absolute atomic E-state index is 0.00371. The van der Waals surface area contributed by atoms with Gasteiger partial charge < -0.3 is 15.5 Å². The maximum atomic E-state index is 12.4. The molecule has 1 aliphatic rings. The Balaban J connectivity index is 1.93. The van der Waals surface area contributed by atoms with Gasteiger partial charge in [0.1, 0.15) is 0 Å². The maximum Gasteiger partial charge on any atom is 0.253 e. The Hall–Kier alpha value is -2.04. The molecule has 0 radical (unpaired) electrons. The number of hydrogen-bond donors (Lipinski definition) is 1. The van der Waals surface area contributed by atoms with Crippen molar-refractivity contribution in [2.75, 3.05) is 31.9 Å². The third-order valence-electron chi connectivity index (χ3n) is 4.43. The molecule has 1 heterocycles. The van der Waals surface area contributed by atoms with Crippen molar-refractivity contribution < 1.29 is 9.59 Å². The van der Waals surface area contributed by atoms with E-state index in [0.717, 1.165) is 0 Å². The minimum Gasteiger partial charge on any atom is -0.399 e. The second kappa shape index (κ2) is 6.81. The quantitative estimate of drug-likeness (QED) is 0.867. The van der Waals surface area contributed by atoms with E-state index >= 15 is 0 Å². The van der Waals surface area contributed by atoms with Crippen LogP contribution in [0.15, 0.2) is 24.3 Å². The maximum absolute atomic E-state index is 12.4. The van der Waals surface area contributed by atoms with Crippen LogP contribution in [0.4, 0.5) is 5.69 Å². The van der Waals surface area contributed by atoms with Gasteiger partial charge in [0, 0.05) is 43.3 Å². The molecule has 5 heteroatoms. The summed E-state index contributed by atoms with van der Waals surface area (Å²) in [6.45, 7) is 8.47. The lowest BCUT2D eigenvalue weighted by Gasteiger charge is -2.36. The van der Waals surface area contributed by atoms with Crippen molar-refractivity contribution in [1.82, 2.24) is 9.80 Å². The molecular formula is C17H25N3O2. The number of rotatable bonds is 3. The van der Waals surface area contributed by atoms with Gasteiger partial charge in [0.05, 0.1) is 0 Å². The van der Waals surface area contributed by atoms with Crippen molar-refractivity contribution in [2.45, 2.75) is 20.8 Å². The van der Waals surface area contributed by atoms with Gasteiger partial charge in [-0.3, -0.25) is 9.59 Å². The van der Waals surface area contributed by atoms with Crippen molar-refractivity contribution in [3.05, 3.63) is 29.8 Å². The van der Waals surface area contributed by atoms with Gasteiger partial charge >= 0.3 is 0 Å². The highest BCUT2D eigenvalue weighted by atomic mass is 16.2. The van der Waals surface area contributed by atoms with Crippen LogP contribution in [-0.4, -0.2) is 47.8 Å². The molecule has 0 spiro atoms. The van der Waals surface area contributed by atoms with E-state index in [1.165, 1.54) is 0 Å². The zero-order valence-corrected chi connectivity index (χ0v) is 13.6. The van der Waals surface area contributed by atoms with Crippen LogP contribution in [0.25, 0.3) is 0 Å². The van der Waals surface area contributed by atoms with Crippen molar-refractivity contribution in [2.24, 2.45) is 11.8 Å². The molecule has 2 rings (SSSR count). The predicted octanol–water partition coefficient (Wildman–Crippen LogP) is 1.85. The summed E-state index contributed by atoms with van der Waals surface area (Å²) in [7, 11) is 0. The van der Waals surface area contributed by atoms with E-state index in [-0.39, 0.29) is 17.7 Å². The summed E-state index contributed by atoms with van der Waals surface area (Å²) in [5, 5.41) is 0. The average molecular weight is 303 g/mol. The van der Waals surface area contributed by atoms with Gasteiger partial charge in [0.25, 0.3) is 5.91 Å². The summed E-state index contributed by atoms with van der Waals surface area (Å²) in [5.74, 6) is 0.555. The van der Waals surface area contributed by atoms with Crippen molar-refractivity contribution >= 4 is 17.5 Å². The Morgan fingerprint density at radius 2 is 1.45 bits per heavy atom. The first-order valence-corrected chi connectivity index (χ1v) is 7.83. The van der Waals surface area contributed by atoms with Crippen LogP contribution in [0.1, 0.15) is 31.1 Å². The Bertz CT molecular complexity index is 531. The number of piperazine rings is 1. The normalized spacial score (nSPS) is 16.7. The molecule has 0 bridgehead atoms. The fourth-order valence-electron chi connectivity index (χ4n) is 2.51. The number of amides is 2. The van der Waals surface area contributed by atoms with Gasteiger partial charge in [-0.1, -0.05) is 20.8 Å². The zero-order chi connectivity index (χ0) is 16.3. The van der Waals surface area contributed by atoms with E-state index in [0.29, 0.717) is 43.3 Å². The summed E-state index contributed by atoms with van der Waals surface area (Å²) in [4.78, 5) is 28.4. The first-order chi connectivity index (χ1) is 10.4. The summed E-state index contributed by atoms with van der Waals surface area (Å²) in [5.41, 5.74) is 6.93. The second-order valence-corrected chi connectivity index (χ2v) is 6.27. The summed E-state index contributed by atoms with van der Waals surface area (Å²) >= 11 is 0. The molecule has 1 fully saturated rings. The smallest absolute Gasteiger partial charge is 0.253 e. The summed E-state index contributed by atoms with van der Waals surface area (Å²) in [6.07, 6.45) is 0. The lowest BCUT2D eigenvalue weighted by atomic mass is 9.96. The fourth-order valence-corrected chi connectivity index (χ4v) is 2.51. The van der Waals surface area contributed by atoms with Gasteiger partial charge in [-0.15, -0.1) is 0 Å². The van der Waals surface area contributed by atoms with E-state index in [4.69, 9.17) is 5.73 Å². The number of carbonyl (C=O) groups is 2. The van der Waals surface area contributed by atoms with Crippen molar-refractivity contribution in [1.29, 1.82) is 0 Å². The van der Waals surface area contributed by atoms with Gasteiger partial charge in [0.15, 0.2) is 0 Å². The first-order valence-electron chi connectivity index (χ1n) is 7.83. The highest BCUT2D eigenvalue weighted by Gasteiger charge is 2.28. The van der Waals surface area contributed by atoms with Crippen LogP contribution in [0.5, 0.6) is 0 Å². The Labute approximate surface area is 132 Å². The molecule has 1 atom stereocenters. The van der Waals surface area contributed by atoms with Crippen LogP contribution < -0.4 is 5.73 Å². The van der Waals surface area contributed by atoms with E-state index in [1.807, 2.05) is 11.8 Å². The number of anilines is 1. The molecular weight excluding hydrogens is 278 g/mol. The number of benzene rings is 1. The molecule has 1 saturated heterocycles. The molecule has 2 N–H and O–H groups in total. The standard InChI is InChI=1S/C17H25N3O2/c1-12(2)13(3)16(21)19-8-10-20(11-9-19)17(22)14-4-6-15(18)7-5-14/h4-7,12-13H,8-11,18H2,1-3H3. The molecule has 1 unspecified atom stereocenters. The number of nitrogens with zero attached hydrogens (tertiary/aromatic N) is 2. The van der Waals surface area contributed by atoms with Gasteiger partial charge in [-0.25, -0.2) is 0 Å². The zero-order valence-electron chi connectivity index (χ0n) is 13.6. The molecule has 1 aromatic rings. The lowest BCUT2D eigenvalue weighted by Crippen LogP contribution is -2.52. The van der Waals surface area contributed by atoms with E-state index in [1.54, 1.807) is 29.2 Å². The van der Waals surface area contributed by atoms with Crippen LogP contribution >= 0.6 is 0 Å². The van der Waals surface area contributed by atoms with E-state index < -0.39 is 0 Å². The number of nitrogen functional groups attached to an aromatic ring is 1. The van der Waals surface area contributed by atoms with Crippen LogP contribution in [0.3, 0.4) is 0 Å². The topological polar surface area (TPSA) is 66.6 Å². The molecule has 120 valence electrons. The lowest BCUT2D eigenvalue weighted by molar-refractivity contribution is -0.137. The van der Waals surface area contributed by atoms with E-state index in [9.17, 15) is 9.59 Å². The predicted molar refractivity (Wildman–Crippen MR) is 87.3 cm³/mol. The highest BCUT2D eigenvalue weighted by molar-refractivity contribution is 5.94. The Morgan fingerprint density at radius 3 is 1.95 bits per heavy atom. The Morgan fingerprint density at radius 1 is 0.955 bits per heavy atom. The minimum atomic E-state index is 0.00371.